The highest BCUT2D eigenvalue weighted by Gasteiger charge is 2.34. The van der Waals surface area contributed by atoms with E-state index in [0.29, 0.717) is 22.8 Å². The minimum Gasteiger partial charge on any atom is -0.392 e. The number of hydrogen-bond acceptors (Lipinski definition) is 5. The maximum Gasteiger partial charge on any atom is 0.137 e. The molecule has 3 N–H and O–H groups in total. The number of aromatic nitrogens is 3. The van der Waals surface area contributed by atoms with Crippen molar-refractivity contribution in [3.05, 3.63) is 47.8 Å². The Labute approximate surface area is 171 Å². The van der Waals surface area contributed by atoms with Gasteiger partial charge in [0.05, 0.1) is 29.8 Å². The van der Waals surface area contributed by atoms with Crippen LogP contribution in [-0.2, 0) is 12.2 Å². The summed E-state index contributed by atoms with van der Waals surface area (Å²) in [6.45, 7) is 7.91. The molecule has 29 heavy (non-hydrogen) atoms. The molecule has 1 aliphatic rings. The summed E-state index contributed by atoms with van der Waals surface area (Å²) in [7, 11) is 0. The highest BCUT2D eigenvalue weighted by molar-refractivity contribution is 5.63. The van der Waals surface area contributed by atoms with Crippen LogP contribution in [0.5, 0.6) is 0 Å². The van der Waals surface area contributed by atoms with Crippen molar-refractivity contribution in [1.29, 1.82) is 0 Å². The van der Waals surface area contributed by atoms with Crippen molar-refractivity contribution in [2.45, 2.75) is 65.2 Å². The molecule has 1 unspecified atom stereocenters. The molecule has 1 atom stereocenters. The van der Waals surface area contributed by atoms with E-state index in [4.69, 9.17) is 4.98 Å². The molecule has 3 aromatic rings. The van der Waals surface area contributed by atoms with Gasteiger partial charge in [0.1, 0.15) is 11.5 Å². The molecule has 3 aromatic heterocycles. The molecule has 1 aliphatic carbocycles. The maximum atomic E-state index is 10.5. The van der Waals surface area contributed by atoms with Gasteiger partial charge in [0.15, 0.2) is 0 Å². The number of fused-ring (bicyclic) bond motifs is 1. The third-order valence-corrected chi connectivity index (χ3v) is 6.15. The third-order valence-electron chi connectivity index (χ3n) is 6.15. The van der Waals surface area contributed by atoms with Crippen LogP contribution in [0.2, 0.25) is 0 Å². The molecule has 154 valence electrons. The second-order valence-corrected chi connectivity index (χ2v) is 9.29. The van der Waals surface area contributed by atoms with Gasteiger partial charge in [-0.3, -0.25) is 4.40 Å². The Balaban J connectivity index is 1.73. The third kappa shape index (κ3) is 3.74. The second kappa shape index (κ2) is 7.11. The van der Waals surface area contributed by atoms with Crippen LogP contribution in [0.15, 0.2) is 36.7 Å². The van der Waals surface area contributed by atoms with E-state index in [9.17, 15) is 10.2 Å². The Morgan fingerprint density at radius 2 is 2.10 bits per heavy atom. The van der Waals surface area contributed by atoms with Gasteiger partial charge in [-0.05, 0) is 55.9 Å². The summed E-state index contributed by atoms with van der Waals surface area (Å²) in [5.41, 5.74) is 2.93. The monoisotopic (exact) mass is 394 g/mol. The zero-order chi connectivity index (χ0) is 20.8. The van der Waals surface area contributed by atoms with E-state index in [1.807, 2.05) is 34.9 Å². The standard InChI is InChI=1S/C23H30N4O2/c1-22(2)10-6-8-19(22)26-20-9-5-7-17(25-20)18-12-24-21-11-15(14-28)16(13-27(18)21)23(3,4)29/h5,7,9,11-13,19,28-29H,6,8,10,14H2,1-4H3,(H,25,26). The fraction of sp³-hybridized carbons (Fsp3) is 0.478. The van der Waals surface area contributed by atoms with Crippen molar-refractivity contribution >= 4 is 11.5 Å². The average molecular weight is 395 g/mol. The fourth-order valence-electron chi connectivity index (χ4n) is 4.36. The predicted molar refractivity (Wildman–Crippen MR) is 115 cm³/mol. The van der Waals surface area contributed by atoms with E-state index in [2.05, 4.69) is 24.1 Å². The van der Waals surface area contributed by atoms with E-state index in [0.717, 1.165) is 23.6 Å². The van der Waals surface area contributed by atoms with Crippen molar-refractivity contribution in [3.8, 4) is 11.4 Å². The SMILES string of the molecule is CC(C)(O)c1cn2c(-c3cccc(NC4CCCC4(C)C)n3)cnc2cc1CO. The summed E-state index contributed by atoms with van der Waals surface area (Å²) in [6.07, 6.45) is 7.27. The lowest BCUT2D eigenvalue weighted by molar-refractivity contribution is 0.0755. The summed E-state index contributed by atoms with van der Waals surface area (Å²) in [6, 6.07) is 8.22. The van der Waals surface area contributed by atoms with Crippen LogP contribution in [0.1, 0.15) is 58.1 Å². The Bertz CT molecular complexity index is 1030. The quantitative estimate of drug-likeness (QED) is 0.607. The number of nitrogens with zero attached hydrogens (tertiary/aromatic N) is 3. The van der Waals surface area contributed by atoms with Gasteiger partial charge in [0, 0.05) is 17.8 Å². The number of hydrogen-bond donors (Lipinski definition) is 3. The number of pyridine rings is 2. The predicted octanol–water partition coefficient (Wildman–Crippen LogP) is 4.11. The molecule has 0 aliphatic heterocycles. The average Bonchev–Trinajstić information content (AvgIpc) is 3.22. The molecule has 0 aromatic carbocycles. The Morgan fingerprint density at radius 3 is 2.76 bits per heavy atom. The Kier molecular flexibility index (Phi) is 4.87. The van der Waals surface area contributed by atoms with Gasteiger partial charge in [0.25, 0.3) is 0 Å². The van der Waals surface area contributed by atoms with Crippen molar-refractivity contribution < 1.29 is 10.2 Å². The summed E-state index contributed by atoms with van der Waals surface area (Å²) in [5.74, 6) is 0.868. The lowest BCUT2D eigenvalue weighted by Gasteiger charge is -2.28. The first-order valence-electron chi connectivity index (χ1n) is 10.3. The largest absolute Gasteiger partial charge is 0.392 e. The van der Waals surface area contributed by atoms with Crippen LogP contribution >= 0.6 is 0 Å². The molecule has 1 saturated carbocycles. The number of aliphatic hydroxyl groups excluding tert-OH is 1. The van der Waals surface area contributed by atoms with Crippen LogP contribution in [0, 0.1) is 5.41 Å². The number of nitrogens with one attached hydrogen (secondary N) is 1. The normalized spacial score (nSPS) is 19.0. The summed E-state index contributed by atoms with van der Waals surface area (Å²) >= 11 is 0. The molecule has 6 heteroatoms. The summed E-state index contributed by atoms with van der Waals surface area (Å²) < 4.78 is 1.93. The second-order valence-electron chi connectivity index (χ2n) is 9.29. The number of aliphatic hydroxyl groups is 2. The Hall–Kier alpha value is -2.44. The van der Waals surface area contributed by atoms with E-state index >= 15 is 0 Å². The van der Waals surface area contributed by atoms with Gasteiger partial charge in [-0.1, -0.05) is 26.3 Å². The minimum absolute atomic E-state index is 0.146. The fourth-order valence-corrected chi connectivity index (χ4v) is 4.36. The minimum atomic E-state index is -1.07. The van der Waals surface area contributed by atoms with Gasteiger partial charge < -0.3 is 15.5 Å². The van der Waals surface area contributed by atoms with E-state index in [1.54, 1.807) is 20.0 Å². The van der Waals surface area contributed by atoms with E-state index in [-0.39, 0.29) is 12.0 Å². The molecule has 1 fully saturated rings. The lowest BCUT2D eigenvalue weighted by atomic mass is 9.87. The smallest absolute Gasteiger partial charge is 0.137 e. The first-order chi connectivity index (χ1) is 13.7. The van der Waals surface area contributed by atoms with Crippen LogP contribution in [-0.4, -0.2) is 30.6 Å². The Morgan fingerprint density at radius 1 is 1.31 bits per heavy atom. The number of rotatable bonds is 5. The van der Waals surface area contributed by atoms with Crippen molar-refractivity contribution in [2.24, 2.45) is 5.41 Å². The van der Waals surface area contributed by atoms with Crippen molar-refractivity contribution in [2.75, 3.05) is 5.32 Å². The number of anilines is 1. The first-order valence-corrected chi connectivity index (χ1v) is 10.3. The zero-order valence-electron chi connectivity index (χ0n) is 17.6. The van der Waals surface area contributed by atoms with Gasteiger partial charge in [-0.25, -0.2) is 9.97 Å². The molecular formula is C23H30N4O2. The maximum absolute atomic E-state index is 10.5. The molecule has 0 radical (unpaired) electrons. The molecule has 3 heterocycles. The van der Waals surface area contributed by atoms with Crippen molar-refractivity contribution in [1.82, 2.24) is 14.4 Å². The van der Waals surface area contributed by atoms with E-state index in [1.165, 1.54) is 12.8 Å². The molecule has 0 bridgehead atoms. The van der Waals surface area contributed by atoms with Crippen LogP contribution in [0.25, 0.3) is 17.0 Å². The molecule has 0 amide bonds. The molecule has 6 nitrogen and oxygen atoms in total. The van der Waals surface area contributed by atoms with E-state index < -0.39 is 5.60 Å². The summed E-state index contributed by atoms with van der Waals surface area (Å²) in [4.78, 5) is 9.34. The highest BCUT2D eigenvalue weighted by Crippen LogP contribution is 2.39. The molecular weight excluding hydrogens is 364 g/mol. The van der Waals surface area contributed by atoms with Crippen LogP contribution in [0.3, 0.4) is 0 Å². The van der Waals surface area contributed by atoms with Gasteiger partial charge in [0.2, 0.25) is 0 Å². The zero-order valence-corrected chi connectivity index (χ0v) is 17.6. The first kappa shape index (κ1) is 19.9. The van der Waals surface area contributed by atoms with Crippen LogP contribution < -0.4 is 5.32 Å². The highest BCUT2D eigenvalue weighted by atomic mass is 16.3. The topological polar surface area (TPSA) is 82.7 Å². The van der Waals surface area contributed by atoms with Gasteiger partial charge in [-0.2, -0.15) is 0 Å². The molecule has 4 rings (SSSR count). The number of imidazole rings is 1. The molecule has 0 spiro atoms. The van der Waals surface area contributed by atoms with Gasteiger partial charge >= 0.3 is 0 Å². The van der Waals surface area contributed by atoms with Crippen LogP contribution in [0.4, 0.5) is 5.82 Å². The van der Waals surface area contributed by atoms with Gasteiger partial charge in [-0.15, -0.1) is 0 Å². The van der Waals surface area contributed by atoms with Crippen molar-refractivity contribution in [3.63, 3.8) is 0 Å². The lowest BCUT2D eigenvalue weighted by Crippen LogP contribution is -2.31. The summed E-state index contributed by atoms with van der Waals surface area (Å²) in [5, 5.41) is 23.9. The molecule has 0 saturated heterocycles.